The van der Waals surface area contributed by atoms with Crippen molar-refractivity contribution in [2.24, 2.45) is 11.8 Å². The molecular formula is C11H16O2. The maximum Gasteiger partial charge on any atom is 0.306 e. The van der Waals surface area contributed by atoms with Gasteiger partial charge in [-0.2, -0.15) is 0 Å². The lowest BCUT2D eigenvalue weighted by molar-refractivity contribution is -0.142. The monoisotopic (exact) mass is 180 g/mol. The third-order valence-electron chi connectivity index (χ3n) is 2.50. The fourth-order valence-electron chi connectivity index (χ4n) is 1.61. The molecule has 2 unspecified atom stereocenters. The van der Waals surface area contributed by atoms with E-state index in [1.165, 1.54) is 0 Å². The van der Waals surface area contributed by atoms with E-state index in [9.17, 15) is 4.79 Å². The lowest BCUT2D eigenvalue weighted by atomic mass is 9.88. The van der Waals surface area contributed by atoms with Crippen molar-refractivity contribution < 1.29 is 9.90 Å². The summed E-state index contributed by atoms with van der Waals surface area (Å²) in [6.07, 6.45) is 10.7. The molecule has 0 amide bonds. The molecule has 2 atom stereocenters. The van der Waals surface area contributed by atoms with E-state index in [2.05, 4.69) is 12.2 Å². The van der Waals surface area contributed by atoms with Crippen LogP contribution in [0.4, 0.5) is 0 Å². The van der Waals surface area contributed by atoms with Crippen LogP contribution in [0.1, 0.15) is 26.2 Å². The van der Waals surface area contributed by atoms with Gasteiger partial charge in [-0.25, -0.2) is 0 Å². The number of aliphatic carboxylic acids is 1. The van der Waals surface area contributed by atoms with Crippen molar-refractivity contribution in [1.29, 1.82) is 0 Å². The summed E-state index contributed by atoms with van der Waals surface area (Å²) in [6.45, 7) is 1.93. The van der Waals surface area contributed by atoms with Crippen LogP contribution in [0.2, 0.25) is 0 Å². The molecule has 1 aliphatic carbocycles. The molecule has 0 aliphatic heterocycles. The molecule has 0 fully saturated rings. The summed E-state index contributed by atoms with van der Waals surface area (Å²) < 4.78 is 0. The number of carboxylic acids is 1. The van der Waals surface area contributed by atoms with Gasteiger partial charge in [-0.15, -0.1) is 0 Å². The quantitative estimate of drug-likeness (QED) is 0.722. The molecule has 1 aliphatic rings. The minimum absolute atomic E-state index is 0.179. The van der Waals surface area contributed by atoms with Crippen molar-refractivity contribution in [1.82, 2.24) is 0 Å². The standard InChI is InChI=1S/C11H16O2/c1-2-10(11(12)13)8-9-6-4-3-5-7-9/h3-6,9-10H,2,7-8H2,1H3,(H,12,13). The van der Waals surface area contributed by atoms with Gasteiger partial charge in [0.15, 0.2) is 0 Å². The summed E-state index contributed by atoms with van der Waals surface area (Å²) in [5.41, 5.74) is 0. The van der Waals surface area contributed by atoms with Crippen LogP contribution in [0.3, 0.4) is 0 Å². The number of carboxylic acid groups (broad SMARTS) is 1. The van der Waals surface area contributed by atoms with Gasteiger partial charge in [0.05, 0.1) is 5.92 Å². The average molecular weight is 180 g/mol. The first-order chi connectivity index (χ1) is 6.24. The number of rotatable bonds is 4. The molecule has 13 heavy (non-hydrogen) atoms. The first-order valence-electron chi connectivity index (χ1n) is 4.80. The molecular weight excluding hydrogens is 164 g/mol. The van der Waals surface area contributed by atoms with Crippen LogP contribution in [0, 0.1) is 11.8 Å². The Kier molecular flexibility index (Phi) is 3.74. The highest BCUT2D eigenvalue weighted by molar-refractivity contribution is 5.69. The highest BCUT2D eigenvalue weighted by Gasteiger charge is 2.19. The van der Waals surface area contributed by atoms with E-state index in [1.807, 2.05) is 19.1 Å². The molecule has 0 bridgehead atoms. The molecule has 0 aromatic carbocycles. The third kappa shape index (κ3) is 3.05. The van der Waals surface area contributed by atoms with Crippen molar-refractivity contribution in [2.45, 2.75) is 26.2 Å². The van der Waals surface area contributed by atoms with Crippen LogP contribution in [0.25, 0.3) is 0 Å². The normalized spacial score (nSPS) is 23.0. The molecule has 0 aromatic rings. The predicted octanol–water partition coefficient (Wildman–Crippen LogP) is 2.62. The maximum absolute atomic E-state index is 10.8. The Morgan fingerprint density at radius 1 is 1.62 bits per heavy atom. The predicted molar refractivity (Wildman–Crippen MR) is 52.4 cm³/mol. The third-order valence-corrected chi connectivity index (χ3v) is 2.50. The highest BCUT2D eigenvalue weighted by atomic mass is 16.4. The van der Waals surface area contributed by atoms with Crippen molar-refractivity contribution >= 4 is 5.97 Å². The molecule has 0 heterocycles. The summed E-state index contributed by atoms with van der Waals surface area (Å²) in [4.78, 5) is 10.8. The summed E-state index contributed by atoms with van der Waals surface area (Å²) in [7, 11) is 0. The van der Waals surface area contributed by atoms with Gasteiger partial charge in [0.2, 0.25) is 0 Å². The second-order valence-corrected chi connectivity index (χ2v) is 3.49. The summed E-state index contributed by atoms with van der Waals surface area (Å²) in [5, 5.41) is 8.86. The minimum atomic E-state index is -0.662. The zero-order chi connectivity index (χ0) is 9.68. The zero-order valence-electron chi connectivity index (χ0n) is 7.94. The molecule has 0 saturated carbocycles. The Morgan fingerprint density at radius 3 is 2.85 bits per heavy atom. The van der Waals surface area contributed by atoms with E-state index in [1.54, 1.807) is 0 Å². The Labute approximate surface area is 79.0 Å². The topological polar surface area (TPSA) is 37.3 Å². The number of allylic oxidation sites excluding steroid dienone is 4. The van der Waals surface area contributed by atoms with Crippen LogP contribution in [-0.4, -0.2) is 11.1 Å². The van der Waals surface area contributed by atoms with Gasteiger partial charge < -0.3 is 5.11 Å². The SMILES string of the molecule is CCC(CC1C=CC=CC1)C(=O)O. The Morgan fingerprint density at radius 2 is 2.38 bits per heavy atom. The van der Waals surface area contributed by atoms with Gasteiger partial charge in [0.25, 0.3) is 0 Å². The number of hydrogen-bond donors (Lipinski definition) is 1. The molecule has 72 valence electrons. The van der Waals surface area contributed by atoms with Gasteiger partial charge in [-0.3, -0.25) is 4.79 Å². The Hall–Kier alpha value is -1.05. The van der Waals surface area contributed by atoms with Crippen molar-refractivity contribution in [3.05, 3.63) is 24.3 Å². The fraction of sp³-hybridized carbons (Fsp3) is 0.545. The largest absolute Gasteiger partial charge is 0.481 e. The fourth-order valence-corrected chi connectivity index (χ4v) is 1.61. The average Bonchev–Trinajstić information content (AvgIpc) is 2.15. The maximum atomic E-state index is 10.8. The second-order valence-electron chi connectivity index (χ2n) is 3.49. The van der Waals surface area contributed by atoms with Gasteiger partial charge in [0.1, 0.15) is 0 Å². The van der Waals surface area contributed by atoms with Gasteiger partial charge in [-0.05, 0) is 25.2 Å². The number of hydrogen-bond acceptors (Lipinski definition) is 1. The van der Waals surface area contributed by atoms with E-state index in [0.29, 0.717) is 5.92 Å². The first kappa shape index (κ1) is 10.0. The molecule has 1 N–H and O–H groups in total. The molecule has 0 spiro atoms. The smallest absolute Gasteiger partial charge is 0.306 e. The van der Waals surface area contributed by atoms with Crippen molar-refractivity contribution in [2.75, 3.05) is 0 Å². The molecule has 1 rings (SSSR count). The van der Waals surface area contributed by atoms with Gasteiger partial charge >= 0.3 is 5.97 Å². The van der Waals surface area contributed by atoms with E-state index in [0.717, 1.165) is 19.3 Å². The molecule has 0 saturated heterocycles. The van der Waals surface area contributed by atoms with Crippen LogP contribution >= 0.6 is 0 Å². The van der Waals surface area contributed by atoms with E-state index >= 15 is 0 Å². The van der Waals surface area contributed by atoms with Crippen LogP contribution in [-0.2, 0) is 4.79 Å². The summed E-state index contributed by atoms with van der Waals surface area (Å²) in [6, 6.07) is 0. The van der Waals surface area contributed by atoms with Crippen LogP contribution in [0.15, 0.2) is 24.3 Å². The molecule has 0 radical (unpaired) electrons. The van der Waals surface area contributed by atoms with Gasteiger partial charge in [-0.1, -0.05) is 31.2 Å². The van der Waals surface area contributed by atoms with E-state index < -0.39 is 5.97 Å². The Bertz CT molecular complexity index is 228. The molecule has 0 aromatic heterocycles. The molecule has 2 nitrogen and oxygen atoms in total. The first-order valence-corrected chi connectivity index (χ1v) is 4.80. The van der Waals surface area contributed by atoms with Crippen molar-refractivity contribution in [3.8, 4) is 0 Å². The number of carbonyl (C=O) groups is 1. The zero-order valence-corrected chi connectivity index (χ0v) is 7.94. The van der Waals surface area contributed by atoms with Crippen molar-refractivity contribution in [3.63, 3.8) is 0 Å². The van der Waals surface area contributed by atoms with E-state index in [-0.39, 0.29) is 5.92 Å². The Balaban J connectivity index is 2.42. The molecule has 2 heteroatoms. The van der Waals surface area contributed by atoms with E-state index in [4.69, 9.17) is 5.11 Å². The summed E-state index contributed by atoms with van der Waals surface area (Å²) >= 11 is 0. The van der Waals surface area contributed by atoms with Gasteiger partial charge in [0, 0.05) is 0 Å². The second kappa shape index (κ2) is 4.85. The lowest BCUT2D eigenvalue weighted by Crippen LogP contribution is -2.16. The lowest BCUT2D eigenvalue weighted by Gasteiger charge is -2.17. The summed E-state index contributed by atoms with van der Waals surface area (Å²) in [5.74, 6) is -0.419. The highest BCUT2D eigenvalue weighted by Crippen LogP contribution is 2.22. The minimum Gasteiger partial charge on any atom is -0.481 e. The van der Waals surface area contributed by atoms with Crippen LogP contribution in [0.5, 0.6) is 0 Å². The van der Waals surface area contributed by atoms with Crippen LogP contribution < -0.4 is 0 Å².